The highest BCUT2D eigenvalue weighted by molar-refractivity contribution is 7.89. The molecule has 29 heavy (non-hydrogen) atoms. The van der Waals surface area contributed by atoms with Gasteiger partial charge >= 0.3 is 0 Å². The van der Waals surface area contributed by atoms with Gasteiger partial charge in [-0.05, 0) is 24.6 Å². The summed E-state index contributed by atoms with van der Waals surface area (Å²) >= 11 is 0. The lowest BCUT2D eigenvalue weighted by Gasteiger charge is -2.17. The first-order valence-electron chi connectivity index (χ1n) is 8.18. The molecule has 0 saturated heterocycles. The van der Waals surface area contributed by atoms with Gasteiger partial charge in [0.2, 0.25) is 21.7 Å². The summed E-state index contributed by atoms with van der Waals surface area (Å²) in [4.78, 5) is 2.16. The van der Waals surface area contributed by atoms with Gasteiger partial charge in [-0.3, -0.25) is 0 Å². The Hall–Kier alpha value is -2.92. The average molecular weight is 429 g/mol. The molecule has 0 aliphatic heterocycles. The van der Waals surface area contributed by atoms with Crippen LogP contribution in [0, 0.1) is 23.3 Å². The molecule has 1 heterocycles. The summed E-state index contributed by atoms with van der Waals surface area (Å²) in [6.07, 6.45) is 4.86. The van der Waals surface area contributed by atoms with Gasteiger partial charge in [0.05, 0.1) is 13.4 Å². The molecule has 0 radical (unpaired) electrons. The minimum absolute atomic E-state index is 0.452. The molecule has 0 aliphatic rings. The number of nitrogens with one attached hydrogen (secondary N) is 1. The summed E-state index contributed by atoms with van der Waals surface area (Å²) in [7, 11) is -4.15. The number of imidazole rings is 1. The minimum atomic E-state index is -4.94. The van der Waals surface area contributed by atoms with Gasteiger partial charge in [-0.25, -0.2) is 26.9 Å². The fourth-order valence-electron chi connectivity index (χ4n) is 2.71. The van der Waals surface area contributed by atoms with Crippen molar-refractivity contribution in [3.63, 3.8) is 0 Å². The van der Waals surface area contributed by atoms with Crippen LogP contribution in [0.5, 0.6) is 5.75 Å². The number of benzene rings is 2. The summed E-state index contributed by atoms with van der Waals surface area (Å²) in [6.45, 7) is 1.41. The van der Waals surface area contributed by atoms with Gasteiger partial charge in [-0.2, -0.15) is 8.78 Å². The average Bonchev–Trinajstić information content (AvgIpc) is 3.21. The van der Waals surface area contributed by atoms with Gasteiger partial charge in [-0.15, -0.1) is 0 Å². The zero-order valence-corrected chi connectivity index (χ0v) is 16.0. The van der Waals surface area contributed by atoms with Crippen molar-refractivity contribution in [2.24, 2.45) is 0 Å². The molecule has 154 valence electrons. The Morgan fingerprint density at radius 2 is 1.62 bits per heavy atom. The van der Waals surface area contributed by atoms with Crippen molar-refractivity contribution in [2.75, 3.05) is 7.11 Å². The van der Waals surface area contributed by atoms with Crippen LogP contribution in [-0.2, 0) is 10.0 Å². The van der Waals surface area contributed by atoms with Crippen LogP contribution in [0.15, 0.2) is 47.9 Å². The van der Waals surface area contributed by atoms with E-state index in [-0.39, 0.29) is 0 Å². The van der Waals surface area contributed by atoms with Gasteiger partial charge in [0.1, 0.15) is 0 Å². The molecule has 0 aliphatic carbocycles. The second kappa shape index (κ2) is 7.84. The summed E-state index contributed by atoms with van der Waals surface area (Å²) < 4.78 is 88.9. The van der Waals surface area contributed by atoms with E-state index in [0.29, 0.717) is 5.56 Å². The number of rotatable bonds is 6. The third-order valence-corrected chi connectivity index (χ3v) is 5.74. The van der Waals surface area contributed by atoms with Crippen LogP contribution in [0.3, 0.4) is 0 Å². The fourth-order valence-corrected chi connectivity index (χ4v) is 4.08. The van der Waals surface area contributed by atoms with Gasteiger partial charge < -0.3 is 9.30 Å². The molecule has 0 unspecified atom stereocenters. The highest BCUT2D eigenvalue weighted by atomic mass is 32.2. The normalized spacial score (nSPS) is 12.8. The molecular weight excluding hydrogens is 414 g/mol. The van der Waals surface area contributed by atoms with Gasteiger partial charge in [0.15, 0.2) is 22.3 Å². The Kier molecular flexibility index (Phi) is 5.62. The number of ether oxygens (including phenoxy) is 1. The SMILES string of the molecule is COc1c(F)c(F)c(S(=O)(=O)N[C@@H](C)c2ccc(-n3ccnc3)cc2)c(F)c1F. The largest absolute Gasteiger partial charge is 0.491 e. The summed E-state index contributed by atoms with van der Waals surface area (Å²) in [5.41, 5.74) is 1.20. The predicted octanol–water partition coefficient (Wildman–Crippen LogP) is 3.48. The highest BCUT2D eigenvalue weighted by Gasteiger charge is 2.34. The Labute approximate surface area is 163 Å². The molecule has 0 saturated carbocycles. The third-order valence-electron chi connectivity index (χ3n) is 4.18. The lowest BCUT2D eigenvalue weighted by Crippen LogP contribution is -2.29. The van der Waals surface area contributed by atoms with Crippen molar-refractivity contribution >= 4 is 10.0 Å². The fraction of sp³-hybridized carbons (Fsp3) is 0.167. The maximum absolute atomic E-state index is 14.2. The van der Waals surface area contributed by atoms with E-state index in [4.69, 9.17) is 0 Å². The zero-order valence-electron chi connectivity index (χ0n) is 15.2. The van der Waals surface area contributed by atoms with E-state index in [1.165, 1.54) is 6.92 Å². The van der Waals surface area contributed by atoms with Crippen LogP contribution in [0.25, 0.3) is 5.69 Å². The van der Waals surface area contributed by atoms with Crippen LogP contribution >= 0.6 is 0 Å². The van der Waals surface area contributed by atoms with E-state index in [0.717, 1.165) is 12.8 Å². The maximum Gasteiger partial charge on any atom is 0.247 e. The van der Waals surface area contributed by atoms with Crippen molar-refractivity contribution in [3.8, 4) is 11.4 Å². The van der Waals surface area contributed by atoms with E-state index >= 15 is 0 Å². The van der Waals surface area contributed by atoms with Gasteiger partial charge in [-0.1, -0.05) is 12.1 Å². The molecule has 2 aromatic carbocycles. The van der Waals surface area contributed by atoms with Crippen LogP contribution in [0.4, 0.5) is 17.6 Å². The molecule has 0 fully saturated rings. The molecule has 11 heteroatoms. The summed E-state index contributed by atoms with van der Waals surface area (Å²) in [5, 5.41) is 0. The minimum Gasteiger partial charge on any atom is -0.491 e. The monoisotopic (exact) mass is 429 g/mol. The molecule has 3 rings (SSSR count). The Bertz CT molecular complexity index is 1110. The first-order chi connectivity index (χ1) is 13.7. The van der Waals surface area contributed by atoms with E-state index in [1.54, 1.807) is 47.6 Å². The second-order valence-corrected chi connectivity index (χ2v) is 7.67. The topological polar surface area (TPSA) is 73.2 Å². The lowest BCUT2D eigenvalue weighted by molar-refractivity contribution is 0.322. The molecule has 3 aromatic rings. The standard InChI is InChI=1S/C18H15F4N3O3S/c1-10(11-3-5-12(6-4-11)25-8-7-23-9-25)24-29(26,27)18-15(21)13(19)17(28-2)14(20)16(18)22/h3-10,24H,1-2H3/t10-/m0/s1. The smallest absolute Gasteiger partial charge is 0.247 e. The van der Waals surface area contributed by atoms with Gasteiger partial charge in [0.25, 0.3) is 0 Å². The quantitative estimate of drug-likeness (QED) is 0.481. The zero-order chi connectivity index (χ0) is 21.3. The number of aromatic nitrogens is 2. The summed E-state index contributed by atoms with van der Waals surface area (Å²) in [5.74, 6) is -9.37. The molecule has 1 aromatic heterocycles. The van der Waals surface area contributed by atoms with E-state index in [1.807, 2.05) is 4.72 Å². The Balaban J connectivity index is 1.92. The first-order valence-corrected chi connectivity index (χ1v) is 9.66. The number of methoxy groups -OCH3 is 1. The number of hydrogen-bond donors (Lipinski definition) is 1. The van der Waals surface area contributed by atoms with E-state index in [9.17, 15) is 26.0 Å². The van der Waals surface area contributed by atoms with Crippen molar-refractivity contribution in [3.05, 3.63) is 71.8 Å². The Morgan fingerprint density at radius 3 is 2.10 bits per heavy atom. The Morgan fingerprint density at radius 1 is 1.03 bits per heavy atom. The molecule has 1 atom stereocenters. The second-order valence-electron chi connectivity index (χ2n) is 6.02. The van der Waals surface area contributed by atoms with Crippen molar-refractivity contribution in [2.45, 2.75) is 17.9 Å². The number of halogens is 4. The molecule has 0 spiro atoms. The van der Waals surface area contributed by atoms with Crippen LogP contribution in [0.1, 0.15) is 18.5 Å². The van der Waals surface area contributed by atoms with Gasteiger partial charge in [0, 0.05) is 24.1 Å². The van der Waals surface area contributed by atoms with E-state index in [2.05, 4.69) is 9.72 Å². The molecule has 0 amide bonds. The van der Waals surface area contributed by atoms with Crippen molar-refractivity contribution in [1.29, 1.82) is 0 Å². The number of sulfonamides is 1. The molecular formula is C18H15F4N3O3S. The van der Waals surface area contributed by atoms with Crippen LogP contribution in [0.2, 0.25) is 0 Å². The third kappa shape index (κ3) is 3.83. The van der Waals surface area contributed by atoms with Crippen molar-refractivity contribution < 1.29 is 30.7 Å². The van der Waals surface area contributed by atoms with Crippen LogP contribution in [-0.4, -0.2) is 25.1 Å². The van der Waals surface area contributed by atoms with E-state index < -0.39 is 50.0 Å². The lowest BCUT2D eigenvalue weighted by atomic mass is 10.1. The highest BCUT2D eigenvalue weighted by Crippen LogP contribution is 2.32. The number of hydrogen-bond acceptors (Lipinski definition) is 4. The summed E-state index contributed by atoms with van der Waals surface area (Å²) in [6, 6.07) is 5.57. The van der Waals surface area contributed by atoms with Crippen LogP contribution < -0.4 is 9.46 Å². The molecule has 0 bridgehead atoms. The first kappa shape index (κ1) is 20.8. The number of nitrogens with zero attached hydrogens (tertiary/aromatic N) is 2. The van der Waals surface area contributed by atoms with Crippen molar-refractivity contribution in [1.82, 2.24) is 14.3 Å². The molecule has 1 N–H and O–H groups in total. The molecule has 6 nitrogen and oxygen atoms in total. The predicted molar refractivity (Wildman–Crippen MR) is 95.1 cm³/mol. The maximum atomic E-state index is 14.2.